The minimum Gasteiger partial charge on any atom is -0.289 e. The third-order valence-corrected chi connectivity index (χ3v) is 3.67. The number of hydrogen-bond donors (Lipinski definition) is 0. The number of hydrogen-bond acceptors (Lipinski definition) is 3. The van der Waals surface area contributed by atoms with Gasteiger partial charge in [0, 0.05) is 26.7 Å². The summed E-state index contributed by atoms with van der Waals surface area (Å²) >= 11 is 11.7. The van der Waals surface area contributed by atoms with Gasteiger partial charge in [0.25, 0.3) is 0 Å². The fourth-order valence-corrected chi connectivity index (χ4v) is 2.27. The van der Waals surface area contributed by atoms with Crippen molar-refractivity contribution in [2.24, 2.45) is 0 Å². The highest BCUT2D eigenvalue weighted by Crippen LogP contribution is 2.21. The molecule has 3 nitrogen and oxygen atoms in total. The van der Waals surface area contributed by atoms with E-state index in [1.807, 2.05) is 12.1 Å². The van der Waals surface area contributed by atoms with E-state index in [0.717, 1.165) is 5.56 Å². The Morgan fingerprint density at radius 3 is 2.05 bits per heavy atom. The van der Waals surface area contributed by atoms with E-state index in [9.17, 15) is 4.79 Å². The minimum absolute atomic E-state index is 0.123. The van der Waals surface area contributed by atoms with Crippen LogP contribution in [-0.2, 0) is 0 Å². The molecule has 2 aromatic carbocycles. The number of aromatic nitrogens is 2. The van der Waals surface area contributed by atoms with Crippen molar-refractivity contribution < 1.29 is 4.79 Å². The van der Waals surface area contributed by atoms with Crippen molar-refractivity contribution >= 4 is 29.0 Å². The maximum atomic E-state index is 12.5. The van der Waals surface area contributed by atoms with Gasteiger partial charge in [0.05, 0.1) is 11.9 Å². The third-order valence-electron chi connectivity index (χ3n) is 3.16. The molecule has 22 heavy (non-hydrogen) atoms. The van der Waals surface area contributed by atoms with Gasteiger partial charge in [-0.15, -0.1) is 0 Å². The Labute approximate surface area is 137 Å². The molecule has 0 fully saturated rings. The van der Waals surface area contributed by atoms with Crippen LogP contribution in [0.3, 0.4) is 0 Å². The molecule has 1 aromatic heterocycles. The van der Waals surface area contributed by atoms with Gasteiger partial charge in [0.2, 0.25) is 0 Å². The van der Waals surface area contributed by atoms with Crippen LogP contribution in [0.2, 0.25) is 10.0 Å². The van der Waals surface area contributed by atoms with Gasteiger partial charge in [0.15, 0.2) is 5.78 Å². The third kappa shape index (κ3) is 3.16. The monoisotopic (exact) mass is 328 g/mol. The molecule has 3 aromatic rings. The second kappa shape index (κ2) is 6.26. The van der Waals surface area contributed by atoms with Gasteiger partial charge in [-0.25, -0.2) is 0 Å². The summed E-state index contributed by atoms with van der Waals surface area (Å²) in [6.45, 7) is 0. The summed E-state index contributed by atoms with van der Waals surface area (Å²) in [4.78, 5) is 12.5. The average Bonchev–Trinajstić information content (AvgIpc) is 2.56. The summed E-state index contributed by atoms with van der Waals surface area (Å²) in [5.74, 6) is -0.123. The lowest BCUT2D eigenvalue weighted by Gasteiger charge is -2.04. The van der Waals surface area contributed by atoms with Gasteiger partial charge in [-0.1, -0.05) is 35.3 Å². The molecule has 0 amide bonds. The van der Waals surface area contributed by atoms with Gasteiger partial charge in [-0.2, -0.15) is 10.2 Å². The molecule has 0 N–H and O–H groups in total. The minimum atomic E-state index is -0.123. The van der Waals surface area contributed by atoms with Crippen LogP contribution in [0.1, 0.15) is 15.9 Å². The first-order valence-corrected chi connectivity index (χ1v) is 7.28. The smallest absolute Gasteiger partial charge is 0.194 e. The molecular formula is C17H10Cl2N2O. The average molecular weight is 329 g/mol. The Balaban J connectivity index is 1.95. The van der Waals surface area contributed by atoms with E-state index in [4.69, 9.17) is 23.2 Å². The van der Waals surface area contributed by atoms with Crippen LogP contribution in [0, 0.1) is 0 Å². The van der Waals surface area contributed by atoms with Gasteiger partial charge >= 0.3 is 0 Å². The van der Waals surface area contributed by atoms with Crippen LogP contribution in [0.5, 0.6) is 0 Å². The van der Waals surface area contributed by atoms with E-state index >= 15 is 0 Å². The summed E-state index contributed by atoms with van der Waals surface area (Å²) in [6.07, 6.45) is 1.45. The summed E-state index contributed by atoms with van der Waals surface area (Å²) in [5, 5.41) is 9.21. The van der Waals surface area contributed by atoms with E-state index < -0.39 is 0 Å². The molecule has 0 radical (unpaired) electrons. The zero-order chi connectivity index (χ0) is 15.5. The topological polar surface area (TPSA) is 42.9 Å². The molecule has 0 saturated heterocycles. The predicted molar refractivity (Wildman–Crippen MR) is 87.4 cm³/mol. The lowest BCUT2D eigenvalue weighted by Crippen LogP contribution is -2.03. The van der Waals surface area contributed by atoms with Gasteiger partial charge in [-0.3, -0.25) is 4.79 Å². The maximum Gasteiger partial charge on any atom is 0.194 e. The first-order chi connectivity index (χ1) is 10.6. The van der Waals surface area contributed by atoms with Gasteiger partial charge < -0.3 is 0 Å². The Morgan fingerprint density at radius 2 is 1.41 bits per heavy atom. The van der Waals surface area contributed by atoms with E-state index in [2.05, 4.69) is 10.2 Å². The SMILES string of the molecule is O=C(c1ccc(Cl)cc1)c1cnnc(-c2ccc(Cl)cc2)c1. The molecule has 0 atom stereocenters. The number of carbonyl (C=O) groups excluding carboxylic acids is 1. The van der Waals surface area contributed by atoms with Crippen molar-refractivity contribution in [3.05, 3.63) is 82.0 Å². The summed E-state index contributed by atoms with van der Waals surface area (Å²) in [7, 11) is 0. The lowest BCUT2D eigenvalue weighted by molar-refractivity contribution is 0.103. The van der Waals surface area contributed by atoms with Crippen molar-refractivity contribution in [1.29, 1.82) is 0 Å². The second-order valence-corrected chi connectivity index (χ2v) is 5.55. The Morgan fingerprint density at radius 1 is 0.818 bits per heavy atom. The predicted octanol–water partition coefficient (Wildman–Crippen LogP) is 4.68. The quantitative estimate of drug-likeness (QED) is 0.655. The number of carbonyl (C=O) groups is 1. The summed E-state index contributed by atoms with van der Waals surface area (Å²) < 4.78 is 0. The fourth-order valence-electron chi connectivity index (χ4n) is 2.02. The molecule has 0 saturated carbocycles. The van der Waals surface area contributed by atoms with Crippen molar-refractivity contribution in [2.75, 3.05) is 0 Å². The van der Waals surface area contributed by atoms with Crippen molar-refractivity contribution in [3.63, 3.8) is 0 Å². The van der Waals surface area contributed by atoms with E-state index in [1.165, 1.54) is 6.20 Å². The van der Waals surface area contributed by atoms with E-state index in [1.54, 1.807) is 42.5 Å². The molecule has 0 aliphatic rings. The second-order valence-electron chi connectivity index (χ2n) is 4.67. The van der Waals surface area contributed by atoms with Crippen LogP contribution in [0.25, 0.3) is 11.3 Å². The number of ketones is 1. The normalized spacial score (nSPS) is 10.5. The van der Waals surface area contributed by atoms with Crippen molar-refractivity contribution in [3.8, 4) is 11.3 Å². The first-order valence-electron chi connectivity index (χ1n) is 6.52. The van der Waals surface area contributed by atoms with Gasteiger partial charge in [-0.05, 0) is 42.5 Å². The Kier molecular flexibility index (Phi) is 4.18. The molecule has 0 aliphatic carbocycles. The molecule has 0 aliphatic heterocycles. The molecule has 0 spiro atoms. The molecule has 0 unspecified atom stereocenters. The summed E-state index contributed by atoms with van der Waals surface area (Å²) in [5.41, 5.74) is 2.50. The van der Waals surface area contributed by atoms with E-state index in [0.29, 0.717) is 26.9 Å². The van der Waals surface area contributed by atoms with Crippen LogP contribution >= 0.6 is 23.2 Å². The highest BCUT2D eigenvalue weighted by molar-refractivity contribution is 6.31. The Bertz CT molecular complexity index is 815. The zero-order valence-corrected chi connectivity index (χ0v) is 12.8. The standard InChI is InChI=1S/C17H10Cl2N2O/c18-14-5-1-11(2-6-14)16-9-13(10-20-21-16)17(22)12-3-7-15(19)8-4-12/h1-10H. The van der Waals surface area contributed by atoms with Crippen LogP contribution in [-0.4, -0.2) is 16.0 Å². The van der Waals surface area contributed by atoms with Gasteiger partial charge in [0.1, 0.15) is 0 Å². The molecule has 0 bridgehead atoms. The zero-order valence-electron chi connectivity index (χ0n) is 11.3. The van der Waals surface area contributed by atoms with Crippen molar-refractivity contribution in [2.45, 2.75) is 0 Å². The molecule has 1 heterocycles. The van der Waals surface area contributed by atoms with Crippen LogP contribution in [0.4, 0.5) is 0 Å². The first kappa shape index (κ1) is 14.7. The summed E-state index contributed by atoms with van der Waals surface area (Å²) in [6, 6.07) is 15.7. The molecular weight excluding hydrogens is 319 g/mol. The van der Waals surface area contributed by atoms with Crippen LogP contribution < -0.4 is 0 Å². The Hall–Kier alpha value is -2.23. The number of halogens is 2. The molecule has 5 heteroatoms. The maximum absolute atomic E-state index is 12.5. The van der Waals surface area contributed by atoms with Crippen LogP contribution in [0.15, 0.2) is 60.8 Å². The highest BCUT2D eigenvalue weighted by atomic mass is 35.5. The van der Waals surface area contributed by atoms with E-state index in [-0.39, 0.29) is 5.78 Å². The van der Waals surface area contributed by atoms with Crippen molar-refractivity contribution in [1.82, 2.24) is 10.2 Å². The molecule has 108 valence electrons. The number of rotatable bonds is 3. The number of nitrogens with zero attached hydrogens (tertiary/aromatic N) is 2. The largest absolute Gasteiger partial charge is 0.289 e. The highest BCUT2D eigenvalue weighted by Gasteiger charge is 2.11. The fraction of sp³-hybridized carbons (Fsp3) is 0. The lowest BCUT2D eigenvalue weighted by atomic mass is 10.0. The number of benzene rings is 2. The molecule has 3 rings (SSSR count).